The summed E-state index contributed by atoms with van der Waals surface area (Å²) in [7, 11) is 0. The minimum atomic E-state index is -0.236. The average Bonchev–Trinajstić information content (AvgIpc) is 2.98. The lowest BCUT2D eigenvalue weighted by Gasteiger charge is -2.06. The van der Waals surface area contributed by atoms with Crippen LogP contribution >= 0.6 is 11.8 Å². The molecule has 1 saturated heterocycles. The summed E-state index contributed by atoms with van der Waals surface area (Å²) in [5.74, 6) is -0.194. The molecular formula is C13H14N4O2S. The van der Waals surface area contributed by atoms with Gasteiger partial charge in [-0.15, -0.1) is 5.10 Å². The van der Waals surface area contributed by atoms with E-state index in [4.69, 9.17) is 4.74 Å². The number of carbonyl (C=O) groups is 1. The lowest BCUT2D eigenvalue weighted by molar-refractivity contribution is -0.140. The molecule has 7 heteroatoms. The number of aryl methyl sites for hydroxylation is 1. The minimum Gasteiger partial charge on any atom is -0.462 e. The van der Waals surface area contributed by atoms with E-state index in [9.17, 15) is 4.79 Å². The molecule has 1 fully saturated rings. The van der Waals surface area contributed by atoms with Gasteiger partial charge >= 0.3 is 5.97 Å². The average molecular weight is 290 g/mol. The molecule has 0 aliphatic carbocycles. The third kappa shape index (κ3) is 2.53. The van der Waals surface area contributed by atoms with Crippen LogP contribution in [0, 0.1) is 6.92 Å². The highest BCUT2D eigenvalue weighted by atomic mass is 32.2. The summed E-state index contributed by atoms with van der Waals surface area (Å²) in [5.41, 5.74) is 2.05. The van der Waals surface area contributed by atoms with E-state index in [2.05, 4.69) is 15.5 Å². The normalized spacial score (nSPS) is 22.0. The van der Waals surface area contributed by atoms with Gasteiger partial charge in [0.25, 0.3) is 0 Å². The lowest BCUT2D eigenvalue weighted by Crippen LogP contribution is -2.11. The number of ether oxygens (including phenoxy) is 1. The number of cyclic esters (lactones) is 1. The third-order valence-corrected chi connectivity index (χ3v) is 4.23. The maximum atomic E-state index is 11.7. The van der Waals surface area contributed by atoms with E-state index in [1.54, 1.807) is 4.68 Å². The molecule has 0 saturated carbocycles. The lowest BCUT2D eigenvalue weighted by atomic mass is 10.2. The number of carbonyl (C=O) groups excluding carboxylic acids is 1. The fourth-order valence-corrected chi connectivity index (χ4v) is 3.14. The minimum absolute atomic E-state index is 0.0382. The Hall–Kier alpha value is -1.89. The summed E-state index contributed by atoms with van der Waals surface area (Å²) >= 11 is 1.35. The first kappa shape index (κ1) is 13.1. The third-order valence-electron chi connectivity index (χ3n) is 3.09. The molecule has 0 radical (unpaired) electrons. The fourth-order valence-electron chi connectivity index (χ4n) is 2.04. The van der Waals surface area contributed by atoms with Gasteiger partial charge in [-0.1, -0.05) is 29.5 Å². The Morgan fingerprint density at radius 3 is 2.75 bits per heavy atom. The summed E-state index contributed by atoms with van der Waals surface area (Å²) in [4.78, 5) is 11.7. The maximum absolute atomic E-state index is 11.7. The second-order valence-corrected chi connectivity index (χ2v) is 5.97. The smallest absolute Gasteiger partial charge is 0.319 e. The summed E-state index contributed by atoms with van der Waals surface area (Å²) in [5, 5.41) is 12.0. The highest BCUT2D eigenvalue weighted by Crippen LogP contribution is 2.31. The van der Waals surface area contributed by atoms with Crippen LogP contribution in [-0.2, 0) is 9.53 Å². The van der Waals surface area contributed by atoms with Crippen molar-refractivity contribution in [2.75, 3.05) is 0 Å². The van der Waals surface area contributed by atoms with Gasteiger partial charge < -0.3 is 4.74 Å². The number of rotatable bonds is 3. The zero-order valence-corrected chi connectivity index (χ0v) is 12.0. The SMILES string of the molecule is Cc1ccc(-n2nnnc2S[C@@H]2C[C@@H](C)OC2=O)cc1. The molecule has 104 valence electrons. The van der Waals surface area contributed by atoms with Crippen molar-refractivity contribution in [2.24, 2.45) is 0 Å². The molecule has 2 atom stereocenters. The molecular weight excluding hydrogens is 276 g/mol. The monoisotopic (exact) mass is 290 g/mol. The highest BCUT2D eigenvalue weighted by molar-refractivity contribution is 8.00. The molecule has 0 bridgehead atoms. The predicted molar refractivity (Wildman–Crippen MR) is 73.7 cm³/mol. The molecule has 6 nitrogen and oxygen atoms in total. The van der Waals surface area contributed by atoms with Crippen molar-refractivity contribution in [1.82, 2.24) is 20.2 Å². The molecule has 20 heavy (non-hydrogen) atoms. The van der Waals surface area contributed by atoms with Crippen molar-refractivity contribution >= 4 is 17.7 Å². The van der Waals surface area contributed by atoms with E-state index in [-0.39, 0.29) is 17.3 Å². The number of esters is 1. The molecule has 0 unspecified atom stereocenters. The van der Waals surface area contributed by atoms with Crippen LogP contribution in [0.2, 0.25) is 0 Å². The van der Waals surface area contributed by atoms with Crippen LogP contribution in [0.1, 0.15) is 18.9 Å². The van der Waals surface area contributed by atoms with Crippen LogP contribution in [0.25, 0.3) is 5.69 Å². The number of tetrazole rings is 1. The van der Waals surface area contributed by atoms with Gasteiger partial charge in [-0.2, -0.15) is 4.68 Å². The van der Waals surface area contributed by atoms with Gasteiger partial charge in [0.2, 0.25) is 5.16 Å². The van der Waals surface area contributed by atoms with Crippen LogP contribution in [0.15, 0.2) is 29.4 Å². The van der Waals surface area contributed by atoms with E-state index in [0.29, 0.717) is 11.6 Å². The molecule has 1 aromatic carbocycles. The quantitative estimate of drug-likeness (QED) is 0.802. The first-order chi connectivity index (χ1) is 9.63. The summed E-state index contributed by atoms with van der Waals surface area (Å²) in [6.45, 7) is 3.91. The number of thioether (sulfide) groups is 1. The first-order valence-electron chi connectivity index (χ1n) is 6.36. The van der Waals surface area contributed by atoms with E-state index in [1.807, 2.05) is 38.1 Å². The largest absolute Gasteiger partial charge is 0.462 e. The zero-order valence-electron chi connectivity index (χ0n) is 11.2. The van der Waals surface area contributed by atoms with Crippen LogP contribution in [0.3, 0.4) is 0 Å². The van der Waals surface area contributed by atoms with Crippen LogP contribution in [0.5, 0.6) is 0 Å². The Morgan fingerprint density at radius 1 is 1.35 bits per heavy atom. The molecule has 0 spiro atoms. The molecule has 1 aromatic heterocycles. The van der Waals surface area contributed by atoms with E-state index >= 15 is 0 Å². The molecule has 0 amide bonds. The van der Waals surface area contributed by atoms with Gasteiger partial charge in [0.15, 0.2) is 0 Å². The number of hydrogen-bond acceptors (Lipinski definition) is 6. The van der Waals surface area contributed by atoms with Crippen molar-refractivity contribution in [1.29, 1.82) is 0 Å². The molecule has 1 aliphatic heterocycles. The Balaban J connectivity index is 1.83. The number of nitrogens with zero attached hydrogens (tertiary/aromatic N) is 4. The summed E-state index contributed by atoms with van der Waals surface area (Å²) in [6.07, 6.45) is 0.647. The van der Waals surface area contributed by atoms with E-state index in [0.717, 1.165) is 5.69 Å². The first-order valence-corrected chi connectivity index (χ1v) is 7.24. The number of hydrogen-bond donors (Lipinski definition) is 0. The van der Waals surface area contributed by atoms with Crippen molar-refractivity contribution in [2.45, 2.75) is 36.8 Å². The molecule has 2 heterocycles. The van der Waals surface area contributed by atoms with Crippen molar-refractivity contribution in [3.8, 4) is 5.69 Å². The highest BCUT2D eigenvalue weighted by Gasteiger charge is 2.34. The predicted octanol–water partition coefficient (Wildman–Crippen LogP) is 1.77. The van der Waals surface area contributed by atoms with Gasteiger partial charge in [0, 0.05) is 6.42 Å². The van der Waals surface area contributed by atoms with Gasteiger partial charge in [-0.25, -0.2) is 0 Å². The van der Waals surface area contributed by atoms with Gasteiger partial charge in [-0.05, 0) is 36.4 Å². The number of benzene rings is 1. The summed E-state index contributed by atoms with van der Waals surface area (Å²) < 4.78 is 6.79. The van der Waals surface area contributed by atoms with Crippen LogP contribution in [-0.4, -0.2) is 37.5 Å². The Kier molecular flexibility index (Phi) is 3.43. The van der Waals surface area contributed by atoms with Crippen molar-refractivity contribution in [3.63, 3.8) is 0 Å². The van der Waals surface area contributed by atoms with Gasteiger partial charge in [-0.3, -0.25) is 4.79 Å². The standard InChI is InChI=1S/C13H14N4O2S/c1-8-3-5-10(6-4-8)17-13(14-15-16-17)20-11-7-9(2)19-12(11)18/h3-6,9,11H,7H2,1-2H3/t9-,11-/m1/s1. The molecule has 0 N–H and O–H groups in total. The van der Waals surface area contributed by atoms with Crippen LogP contribution in [0.4, 0.5) is 0 Å². The van der Waals surface area contributed by atoms with Crippen LogP contribution < -0.4 is 0 Å². The Bertz CT molecular complexity index is 626. The zero-order chi connectivity index (χ0) is 14.1. The summed E-state index contributed by atoms with van der Waals surface area (Å²) in [6, 6.07) is 7.89. The molecule has 2 aromatic rings. The number of aromatic nitrogens is 4. The molecule has 1 aliphatic rings. The molecule has 3 rings (SSSR count). The second-order valence-electron chi connectivity index (χ2n) is 4.80. The topological polar surface area (TPSA) is 69.9 Å². The maximum Gasteiger partial charge on any atom is 0.319 e. The van der Waals surface area contributed by atoms with Gasteiger partial charge in [0.05, 0.1) is 5.69 Å². The Morgan fingerprint density at radius 2 is 2.10 bits per heavy atom. The Labute approximate surface area is 120 Å². The van der Waals surface area contributed by atoms with Gasteiger partial charge in [0.1, 0.15) is 11.4 Å². The second kappa shape index (κ2) is 5.24. The van der Waals surface area contributed by atoms with E-state index in [1.165, 1.54) is 17.3 Å². The van der Waals surface area contributed by atoms with E-state index < -0.39 is 0 Å². The van der Waals surface area contributed by atoms with Crippen molar-refractivity contribution < 1.29 is 9.53 Å². The fraction of sp³-hybridized carbons (Fsp3) is 0.385. The van der Waals surface area contributed by atoms with Crippen molar-refractivity contribution in [3.05, 3.63) is 29.8 Å².